The summed E-state index contributed by atoms with van der Waals surface area (Å²) in [6.07, 6.45) is 2.39. The molecule has 2 aromatic rings. The van der Waals surface area contributed by atoms with Crippen LogP contribution in [0.1, 0.15) is 17.2 Å². The zero-order valence-electron chi connectivity index (χ0n) is 9.62. The molecule has 0 spiro atoms. The predicted octanol–water partition coefficient (Wildman–Crippen LogP) is 2.81. The third kappa shape index (κ3) is 2.22. The normalized spacial score (nSPS) is 12.4. The number of benzene rings is 1. The van der Waals surface area contributed by atoms with Gasteiger partial charge in [0.15, 0.2) is 0 Å². The van der Waals surface area contributed by atoms with Crippen molar-refractivity contribution in [1.82, 2.24) is 10.3 Å². The maximum atomic E-state index is 13.7. The molecule has 94 valence electrons. The Kier molecular flexibility index (Phi) is 3.62. The molecule has 2 nitrogen and oxygen atoms in total. The maximum absolute atomic E-state index is 13.7. The van der Waals surface area contributed by atoms with Crippen molar-refractivity contribution in [2.24, 2.45) is 0 Å². The van der Waals surface area contributed by atoms with Crippen molar-refractivity contribution < 1.29 is 13.2 Å². The predicted molar refractivity (Wildman–Crippen MR) is 61.5 cm³/mol. The van der Waals surface area contributed by atoms with Gasteiger partial charge >= 0.3 is 0 Å². The molecule has 1 unspecified atom stereocenters. The first-order valence-electron chi connectivity index (χ1n) is 5.35. The number of nitrogens with one attached hydrogen (secondary N) is 1. The van der Waals surface area contributed by atoms with Crippen LogP contribution in [-0.2, 0) is 0 Å². The fourth-order valence-electron chi connectivity index (χ4n) is 1.86. The van der Waals surface area contributed by atoms with Crippen LogP contribution in [0.15, 0.2) is 36.7 Å². The summed E-state index contributed by atoms with van der Waals surface area (Å²) in [6.45, 7) is 0. The average molecular weight is 252 g/mol. The third-order valence-corrected chi connectivity index (χ3v) is 2.69. The van der Waals surface area contributed by atoms with Crippen LogP contribution in [0, 0.1) is 17.5 Å². The first-order valence-corrected chi connectivity index (χ1v) is 5.35. The molecule has 5 heteroatoms. The number of halogens is 3. The smallest absolute Gasteiger partial charge is 0.146 e. The van der Waals surface area contributed by atoms with Crippen LogP contribution < -0.4 is 5.32 Å². The molecular weight excluding hydrogens is 241 g/mol. The van der Waals surface area contributed by atoms with Crippen LogP contribution >= 0.6 is 0 Å². The van der Waals surface area contributed by atoms with Crippen molar-refractivity contribution in [3.63, 3.8) is 0 Å². The Bertz CT molecular complexity index is 537. The van der Waals surface area contributed by atoms with Crippen LogP contribution in [0.3, 0.4) is 0 Å². The molecule has 0 aliphatic carbocycles. The monoisotopic (exact) mass is 252 g/mol. The van der Waals surface area contributed by atoms with Crippen LogP contribution in [0.25, 0.3) is 0 Å². The average Bonchev–Trinajstić information content (AvgIpc) is 2.35. The summed E-state index contributed by atoms with van der Waals surface area (Å²) < 4.78 is 41.0. The Morgan fingerprint density at radius 1 is 1.06 bits per heavy atom. The molecule has 2 rings (SSSR count). The summed E-state index contributed by atoms with van der Waals surface area (Å²) in [5.41, 5.74) is -0.0541. The third-order valence-electron chi connectivity index (χ3n) is 2.69. The molecule has 0 aliphatic heterocycles. The van der Waals surface area contributed by atoms with E-state index in [2.05, 4.69) is 10.3 Å². The van der Waals surface area contributed by atoms with Crippen LogP contribution in [0.2, 0.25) is 0 Å². The molecule has 0 amide bonds. The highest BCUT2D eigenvalue weighted by atomic mass is 19.1. The number of nitrogens with zero attached hydrogens (tertiary/aromatic N) is 1. The van der Waals surface area contributed by atoms with E-state index >= 15 is 0 Å². The van der Waals surface area contributed by atoms with E-state index in [-0.39, 0.29) is 11.1 Å². The second-order valence-electron chi connectivity index (χ2n) is 3.75. The van der Waals surface area contributed by atoms with Crippen molar-refractivity contribution >= 4 is 0 Å². The first-order chi connectivity index (χ1) is 8.65. The van der Waals surface area contributed by atoms with E-state index in [0.717, 1.165) is 18.3 Å². The standard InChI is InChI=1S/C13H11F3N2/c1-17-13(8-5-6-18-7-11(8)16)12-9(14)3-2-4-10(12)15/h2-7,13,17H,1H3. The zero-order valence-corrected chi connectivity index (χ0v) is 9.62. The van der Waals surface area contributed by atoms with E-state index in [1.165, 1.54) is 25.4 Å². The van der Waals surface area contributed by atoms with Crippen LogP contribution in [0.4, 0.5) is 13.2 Å². The molecule has 0 saturated heterocycles. The van der Waals surface area contributed by atoms with Gasteiger partial charge in [0.2, 0.25) is 0 Å². The lowest BCUT2D eigenvalue weighted by Crippen LogP contribution is -2.21. The lowest BCUT2D eigenvalue weighted by molar-refractivity contribution is 0.506. The quantitative estimate of drug-likeness (QED) is 0.908. The Morgan fingerprint density at radius 3 is 2.28 bits per heavy atom. The van der Waals surface area contributed by atoms with Gasteiger partial charge in [-0.25, -0.2) is 13.2 Å². The lowest BCUT2D eigenvalue weighted by atomic mass is 9.98. The van der Waals surface area contributed by atoms with E-state index < -0.39 is 23.5 Å². The van der Waals surface area contributed by atoms with Gasteiger partial charge < -0.3 is 5.32 Å². The van der Waals surface area contributed by atoms with Gasteiger partial charge in [0, 0.05) is 17.3 Å². The van der Waals surface area contributed by atoms with Gasteiger partial charge in [-0.15, -0.1) is 0 Å². The molecule has 0 aliphatic rings. The van der Waals surface area contributed by atoms with E-state index in [9.17, 15) is 13.2 Å². The molecule has 0 saturated carbocycles. The van der Waals surface area contributed by atoms with E-state index in [0.29, 0.717) is 0 Å². The molecule has 1 atom stereocenters. The minimum absolute atomic E-state index is 0.150. The minimum atomic E-state index is -0.894. The van der Waals surface area contributed by atoms with E-state index in [1.54, 1.807) is 0 Å². The maximum Gasteiger partial charge on any atom is 0.146 e. The van der Waals surface area contributed by atoms with Crippen LogP contribution in [-0.4, -0.2) is 12.0 Å². The van der Waals surface area contributed by atoms with Crippen molar-refractivity contribution in [3.05, 3.63) is 65.2 Å². The van der Waals surface area contributed by atoms with Gasteiger partial charge in [-0.2, -0.15) is 0 Å². The van der Waals surface area contributed by atoms with Gasteiger partial charge in [-0.05, 0) is 25.2 Å². The Balaban J connectivity index is 2.56. The zero-order chi connectivity index (χ0) is 13.1. The molecule has 0 radical (unpaired) electrons. The highest BCUT2D eigenvalue weighted by Gasteiger charge is 2.22. The first kappa shape index (κ1) is 12.6. The molecule has 1 aromatic carbocycles. The largest absolute Gasteiger partial charge is 0.309 e. The molecule has 0 fully saturated rings. The molecule has 1 heterocycles. The summed E-state index contributed by atoms with van der Waals surface area (Å²) in [5.74, 6) is -2.05. The van der Waals surface area contributed by atoms with Crippen molar-refractivity contribution in [2.75, 3.05) is 7.05 Å². The number of hydrogen-bond donors (Lipinski definition) is 1. The fourth-order valence-corrected chi connectivity index (χ4v) is 1.86. The highest BCUT2D eigenvalue weighted by Crippen LogP contribution is 2.27. The van der Waals surface area contributed by atoms with Crippen molar-refractivity contribution in [2.45, 2.75) is 6.04 Å². The summed E-state index contributed by atoms with van der Waals surface area (Å²) >= 11 is 0. The molecule has 0 bridgehead atoms. The number of aromatic nitrogens is 1. The Labute approximate surface area is 102 Å². The Morgan fingerprint density at radius 2 is 1.72 bits per heavy atom. The topological polar surface area (TPSA) is 24.9 Å². The fraction of sp³-hybridized carbons (Fsp3) is 0.154. The van der Waals surface area contributed by atoms with Gasteiger partial charge in [0.1, 0.15) is 17.5 Å². The lowest BCUT2D eigenvalue weighted by Gasteiger charge is -2.18. The molecule has 1 aromatic heterocycles. The summed E-state index contributed by atoms with van der Waals surface area (Å²) in [7, 11) is 1.51. The van der Waals surface area contributed by atoms with Gasteiger partial charge in [0.05, 0.1) is 12.2 Å². The summed E-state index contributed by atoms with van der Waals surface area (Å²) in [4.78, 5) is 3.61. The van der Waals surface area contributed by atoms with Gasteiger partial charge in [0.25, 0.3) is 0 Å². The molecule has 18 heavy (non-hydrogen) atoms. The van der Waals surface area contributed by atoms with E-state index in [1.807, 2.05) is 0 Å². The minimum Gasteiger partial charge on any atom is -0.309 e. The Hall–Kier alpha value is -1.88. The number of hydrogen-bond acceptors (Lipinski definition) is 2. The summed E-state index contributed by atoms with van der Waals surface area (Å²) in [6, 6.07) is 4.05. The van der Waals surface area contributed by atoms with E-state index in [4.69, 9.17) is 0 Å². The van der Waals surface area contributed by atoms with Crippen LogP contribution in [0.5, 0.6) is 0 Å². The summed E-state index contributed by atoms with van der Waals surface area (Å²) in [5, 5.41) is 2.71. The second-order valence-corrected chi connectivity index (χ2v) is 3.75. The van der Waals surface area contributed by atoms with Crippen molar-refractivity contribution in [1.29, 1.82) is 0 Å². The second kappa shape index (κ2) is 5.18. The van der Waals surface area contributed by atoms with Crippen molar-refractivity contribution in [3.8, 4) is 0 Å². The SMILES string of the molecule is CNC(c1ccncc1F)c1c(F)cccc1F. The highest BCUT2D eigenvalue weighted by molar-refractivity contribution is 5.33. The molecule has 1 N–H and O–H groups in total. The molecular formula is C13H11F3N2. The van der Waals surface area contributed by atoms with Gasteiger partial charge in [-0.3, -0.25) is 4.98 Å². The van der Waals surface area contributed by atoms with Gasteiger partial charge in [-0.1, -0.05) is 6.07 Å². The number of rotatable bonds is 3. The number of pyridine rings is 1.